The number of carboxylic acids is 4. The fraction of sp³-hybridized carbons (Fsp3) is 0.500. The van der Waals surface area contributed by atoms with Gasteiger partial charge >= 0.3 is 91.0 Å². The molecular weight excluding hydrogens is 427 g/mol. The number of hydrogen-bond acceptors (Lipinski definition) is 10. The summed E-state index contributed by atoms with van der Waals surface area (Å²) in [7, 11) is 0. The molecule has 0 aliphatic heterocycles. The molecule has 0 rings (SSSR count). The summed E-state index contributed by atoms with van der Waals surface area (Å²) >= 11 is 0. The number of rotatable bonds is 6. The second kappa shape index (κ2) is 16.1. The fourth-order valence-electron chi connectivity index (χ4n) is 0.526. The van der Waals surface area contributed by atoms with Crippen LogP contribution in [0.1, 0.15) is 12.8 Å². The molecule has 0 aliphatic carbocycles. The van der Waals surface area contributed by atoms with Gasteiger partial charge in [-0.25, -0.2) is 0 Å². The minimum Gasteiger partial charge on any atom is -0.550 e. The van der Waals surface area contributed by atoms with Crippen LogP contribution in [0.3, 0.4) is 0 Å². The molecule has 20 heavy (non-hydrogen) atoms. The van der Waals surface area contributed by atoms with Gasteiger partial charge in [0.15, 0.2) is 0 Å². The van der Waals surface area contributed by atoms with Crippen LogP contribution in [0.2, 0.25) is 0 Å². The van der Waals surface area contributed by atoms with Gasteiger partial charge in [-0.3, -0.25) is 0 Å². The van der Waals surface area contributed by atoms with E-state index in [9.17, 15) is 39.6 Å². The molecule has 0 bridgehead atoms. The summed E-state index contributed by atoms with van der Waals surface area (Å²) in [6.07, 6.45) is -1.41. The van der Waals surface area contributed by atoms with Crippen molar-refractivity contribution in [2.45, 2.75) is 24.9 Å². The van der Waals surface area contributed by atoms with Gasteiger partial charge in [-0.2, -0.15) is 0 Å². The third-order valence-corrected chi connectivity index (χ3v) is 1.38. The predicted octanol–water partition coefficient (Wildman–Crippen LogP) is -8.35. The number of carbonyl (C=O) groups is 4. The van der Waals surface area contributed by atoms with E-state index in [0.717, 1.165) is 0 Å². The molecule has 0 amide bonds. The van der Waals surface area contributed by atoms with Crippen molar-refractivity contribution in [1.29, 1.82) is 0 Å². The topological polar surface area (TPSA) is 213 Å². The van der Waals surface area contributed by atoms with Gasteiger partial charge in [0.1, 0.15) is 0 Å². The Morgan fingerprint density at radius 2 is 0.900 bits per heavy atom. The summed E-state index contributed by atoms with van der Waals surface area (Å²) < 4.78 is 0. The summed E-state index contributed by atoms with van der Waals surface area (Å²) in [5.41, 5.74) is 9.47. The summed E-state index contributed by atoms with van der Waals surface area (Å²) in [5.74, 6) is -6.16. The number of aliphatic carboxylic acids is 4. The van der Waals surface area contributed by atoms with Crippen LogP contribution in [0.4, 0.5) is 0 Å². The second-order valence-corrected chi connectivity index (χ2v) is 3.00. The molecule has 0 saturated carbocycles. The van der Waals surface area contributed by atoms with E-state index in [1.165, 1.54) is 0 Å². The van der Waals surface area contributed by atoms with Gasteiger partial charge in [0.2, 0.25) is 0 Å². The van der Waals surface area contributed by atoms with E-state index in [-0.39, 0.29) is 91.0 Å². The number of nitrogens with two attached hydrogens (primary N) is 2. The largest absolute Gasteiger partial charge is 2.00 e. The summed E-state index contributed by atoms with van der Waals surface area (Å²) in [6.45, 7) is 0. The standard InChI is InChI=1S/2C4H7NO4.2Sr/c2*5-2(4(8)9)1-3(6)7;;/h2*2H,1,5H2,(H,6,7)(H,8,9);;/q;;2*+2/p-4/t2*2-;;/m00../s1. The SMILES string of the molecule is N[C@@H](CC(=O)[O-])C(=O)[O-].N[C@@H](CC(=O)[O-])C(=O)[O-].[Sr+2].[Sr+2]. The number of hydrogen-bond donors (Lipinski definition) is 2. The van der Waals surface area contributed by atoms with Crippen LogP contribution in [-0.4, -0.2) is 127 Å². The zero-order valence-electron chi connectivity index (χ0n) is 10.4. The molecular formula is C8H10N2O8Sr2. The molecule has 104 valence electrons. The first-order chi connectivity index (χ1) is 8.07. The van der Waals surface area contributed by atoms with Gasteiger partial charge in [-0.05, 0) is 0 Å². The average molecular weight is 437 g/mol. The van der Waals surface area contributed by atoms with Crippen molar-refractivity contribution in [3.8, 4) is 0 Å². The molecule has 0 aromatic rings. The Hall–Kier alpha value is 0.761. The Bertz CT molecular complexity index is 306. The molecule has 0 saturated heterocycles. The first-order valence-corrected chi connectivity index (χ1v) is 4.40. The third kappa shape index (κ3) is 21.1. The number of carbonyl (C=O) groups excluding carboxylic acids is 4. The molecule has 2 atom stereocenters. The zero-order valence-corrected chi connectivity index (χ0v) is 17.4. The van der Waals surface area contributed by atoms with Gasteiger partial charge in [0.05, 0.1) is 11.9 Å². The van der Waals surface area contributed by atoms with Gasteiger partial charge in [0.25, 0.3) is 0 Å². The van der Waals surface area contributed by atoms with Gasteiger partial charge in [0, 0.05) is 36.9 Å². The monoisotopic (exact) mass is 438 g/mol. The molecule has 0 aromatic heterocycles. The van der Waals surface area contributed by atoms with Crippen molar-refractivity contribution in [2.75, 3.05) is 0 Å². The maximum atomic E-state index is 9.71. The van der Waals surface area contributed by atoms with Crippen molar-refractivity contribution in [3.63, 3.8) is 0 Å². The van der Waals surface area contributed by atoms with Gasteiger partial charge in [-0.15, -0.1) is 0 Å². The van der Waals surface area contributed by atoms with Crippen LogP contribution in [0, 0.1) is 0 Å². The summed E-state index contributed by atoms with van der Waals surface area (Å²) in [5, 5.41) is 38.7. The van der Waals surface area contributed by atoms with Crippen molar-refractivity contribution in [3.05, 3.63) is 0 Å². The molecule has 4 N–H and O–H groups in total. The maximum Gasteiger partial charge on any atom is 2.00 e. The normalized spacial score (nSPS) is 11.3. The van der Waals surface area contributed by atoms with E-state index in [1.54, 1.807) is 0 Å². The molecule has 0 spiro atoms. The quantitative estimate of drug-likeness (QED) is 0.374. The summed E-state index contributed by atoms with van der Waals surface area (Å²) in [6, 6.07) is -2.93. The molecule has 10 nitrogen and oxygen atoms in total. The van der Waals surface area contributed by atoms with Crippen LogP contribution >= 0.6 is 0 Å². The second-order valence-electron chi connectivity index (χ2n) is 3.00. The van der Waals surface area contributed by atoms with E-state index >= 15 is 0 Å². The average Bonchev–Trinajstić information content (AvgIpc) is 2.16. The van der Waals surface area contributed by atoms with Gasteiger partial charge in [-0.1, -0.05) is 0 Å². The smallest absolute Gasteiger partial charge is 0.550 e. The summed E-state index contributed by atoms with van der Waals surface area (Å²) in [4.78, 5) is 38.7. The van der Waals surface area contributed by atoms with E-state index in [0.29, 0.717) is 0 Å². The van der Waals surface area contributed by atoms with Crippen LogP contribution < -0.4 is 31.9 Å². The van der Waals surface area contributed by atoms with Crippen molar-refractivity contribution < 1.29 is 39.6 Å². The third-order valence-electron chi connectivity index (χ3n) is 1.38. The Balaban J connectivity index is -0.000000116. The van der Waals surface area contributed by atoms with E-state index < -0.39 is 48.8 Å². The van der Waals surface area contributed by atoms with Crippen LogP contribution in [0.15, 0.2) is 0 Å². The molecule has 0 unspecified atom stereocenters. The number of carboxylic acid groups (broad SMARTS) is 4. The Kier molecular flexibility index (Phi) is 23.3. The fourth-order valence-corrected chi connectivity index (χ4v) is 0.526. The first-order valence-electron chi connectivity index (χ1n) is 4.40. The molecule has 0 radical (unpaired) electrons. The van der Waals surface area contributed by atoms with E-state index in [2.05, 4.69) is 0 Å². The minimum atomic E-state index is -1.58. The zero-order chi connectivity index (χ0) is 14.9. The molecule has 0 aromatic carbocycles. The van der Waals surface area contributed by atoms with Crippen LogP contribution in [0.25, 0.3) is 0 Å². The van der Waals surface area contributed by atoms with Crippen LogP contribution in [-0.2, 0) is 19.2 Å². The van der Waals surface area contributed by atoms with Crippen molar-refractivity contribution in [2.24, 2.45) is 11.5 Å². The Labute approximate surface area is 188 Å². The van der Waals surface area contributed by atoms with Crippen LogP contribution in [0.5, 0.6) is 0 Å². The Morgan fingerprint density at radius 3 is 0.950 bits per heavy atom. The molecule has 12 heteroatoms. The molecule has 0 fully saturated rings. The van der Waals surface area contributed by atoms with Crippen molar-refractivity contribution >= 4 is 115 Å². The van der Waals surface area contributed by atoms with E-state index in [1.807, 2.05) is 0 Å². The molecule has 0 heterocycles. The van der Waals surface area contributed by atoms with Crippen molar-refractivity contribution in [1.82, 2.24) is 0 Å². The predicted molar refractivity (Wildman–Crippen MR) is 56.7 cm³/mol. The van der Waals surface area contributed by atoms with E-state index in [4.69, 9.17) is 11.5 Å². The molecule has 0 aliphatic rings. The Morgan fingerprint density at radius 1 is 0.700 bits per heavy atom. The van der Waals surface area contributed by atoms with Gasteiger partial charge < -0.3 is 51.1 Å². The first kappa shape index (κ1) is 28.9. The maximum absolute atomic E-state index is 9.71. The minimum absolute atomic E-state index is 0.